The van der Waals surface area contributed by atoms with Gasteiger partial charge in [0.15, 0.2) is 69.9 Å². The Labute approximate surface area is 677 Å². The van der Waals surface area contributed by atoms with E-state index in [1.165, 1.54) is 0 Å². The highest BCUT2D eigenvalue weighted by molar-refractivity contribution is 6.11. The van der Waals surface area contributed by atoms with Crippen molar-refractivity contribution in [3.63, 3.8) is 0 Å². The third-order valence-corrected chi connectivity index (χ3v) is 21.2. The predicted molar refractivity (Wildman–Crippen MR) is 472 cm³/mol. The first-order chi connectivity index (χ1) is 58.4. The zero-order valence-corrected chi connectivity index (χ0v) is 63.1. The minimum Gasteiger partial charge on any atom is -0.455 e. The highest BCUT2D eigenvalue weighted by Crippen LogP contribution is 2.41. The van der Waals surface area contributed by atoms with E-state index in [1.54, 1.807) is 0 Å². The van der Waals surface area contributed by atoms with Crippen molar-refractivity contribution in [3.05, 3.63) is 388 Å². The van der Waals surface area contributed by atoms with Gasteiger partial charge in [-0.1, -0.05) is 352 Å². The molecule has 22 rings (SSSR count). The first-order valence-corrected chi connectivity index (χ1v) is 38.9. The van der Waals surface area contributed by atoms with Crippen LogP contribution in [0.5, 0.6) is 0 Å². The number of para-hydroxylation sites is 4. The molecule has 22 aromatic rings. The molecule has 0 aliphatic carbocycles. The largest absolute Gasteiger partial charge is 0.455 e. The van der Waals surface area contributed by atoms with Gasteiger partial charge < -0.3 is 8.83 Å². The van der Waals surface area contributed by atoms with E-state index in [-0.39, 0.29) is 0 Å². The number of furan rings is 2. The Hall–Kier alpha value is -16.3. The number of nitrogens with zero attached hydrogens (tertiary/aromatic N) is 12. The number of fused-ring (bicyclic) bond motifs is 8. The zero-order chi connectivity index (χ0) is 78.2. The van der Waals surface area contributed by atoms with Crippen LogP contribution in [0.2, 0.25) is 0 Å². The van der Waals surface area contributed by atoms with E-state index < -0.39 is 0 Å². The molecule has 6 heterocycles. The molecule has 118 heavy (non-hydrogen) atoms. The Balaban J connectivity index is 0.000000147. The standard InChI is InChI=1S/C52H30N6O2.C52H34N6/c1-3-13-31(14-4-1)47-53-49(57-51(55-47)41-21-11-19-39-37-17-7-9-23-43(37)59-45(39)41)35-27-25-34-30-36(28-26-33(34)29-35)50-54-48(32-15-5-2-6-16-32)56-52(58-50)42-22-12-20-40-38-18-8-10-24-44(38)60-46(40)42;1-5-15-35(16-6-1)37-27-31-41(32-28-37)49-53-47(39-19-9-3-10-20-39)55-51(57-49)45-25-13-24-44-43(45)23-14-26-46(44)52-56-48(40-21-11-4-12-22-40)54-50(58-52)42-33-29-38(30-34-42)36-17-7-2-8-18-36/h1-30H;1-34H. The van der Waals surface area contributed by atoms with Crippen molar-refractivity contribution in [3.8, 4) is 159 Å². The molecule has 0 aliphatic rings. The molecule has 0 fully saturated rings. The third kappa shape index (κ3) is 13.5. The molecular weight excluding hydrogens is 1450 g/mol. The number of aromatic nitrogens is 12. The number of rotatable bonds is 14. The lowest BCUT2D eigenvalue weighted by Crippen LogP contribution is -2.02. The highest BCUT2D eigenvalue weighted by atomic mass is 16.3. The molecule has 0 atom stereocenters. The summed E-state index contributed by atoms with van der Waals surface area (Å²) >= 11 is 0. The summed E-state index contributed by atoms with van der Waals surface area (Å²) in [7, 11) is 0. The molecule has 6 aromatic heterocycles. The van der Waals surface area contributed by atoms with Gasteiger partial charge in [-0.2, -0.15) is 0 Å². The fourth-order valence-electron chi connectivity index (χ4n) is 15.3. The van der Waals surface area contributed by atoms with Crippen molar-refractivity contribution in [1.29, 1.82) is 0 Å². The Morgan fingerprint density at radius 3 is 0.669 bits per heavy atom. The molecule has 16 aromatic carbocycles. The summed E-state index contributed by atoms with van der Waals surface area (Å²) < 4.78 is 12.8. The lowest BCUT2D eigenvalue weighted by molar-refractivity contribution is 0.669. The molecule has 14 heteroatoms. The Bertz CT molecular complexity index is 7080. The van der Waals surface area contributed by atoms with Crippen LogP contribution in [0.15, 0.2) is 397 Å². The fraction of sp³-hybridized carbons (Fsp3) is 0. The van der Waals surface area contributed by atoms with Gasteiger partial charge >= 0.3 is 0 Å². The highest BCUT2D eigenvalue weighted by Gasteiger charge is 2.24. The molecule has 0 amide bonds. The molecule has 0 saturated carbocycles. The van der Waals surface area contributed by atoms with Crippen molar-refractivity contribution in [2.75, 3.05) is 0 Å². The van der Waals surface area contributed by atoms with Crippen LogP contribution in [0, 0.1) is 0 Å². The van der Waals surface area contributed by atoms with Crippen molar-refractivity contribution in [1.82, 2.24) is 59.8 Å². The van der Waals surface area contributed by atoms with Crippen molar-refractivity contribution in [2.45, 2.75) is 0 Å². The second-order valence-corrected chi connectivity index (χ2v) is 28.6. The average Bonchev–Trinajstić information content (AvgIpc) is 1.02. The summed E-state index contributed by atoms with van der Waals surface area (Å²) in [5.41, 5.74) is 18.2. The molecule has 0 unspecified atom stereocenters. The second-order valence-electron chi connectivity index (χ2n) is 28.6. The monoisotopic (exact) mass is 1510 g/mol. The average molecular weight is 1510 g/mol. The van der Waals surface area contributed by atoms with Gasteiger partial charge in [0.25, 0.3) is 0 Å². The quantitative estimate of drug-likeness (QED) is 0.100. The van der Waals surface area contributed by atoms with Crippen LogP contribution in [-0.2, 0) is 0 Å². The van der Waals surface area contributed by atoms with Crippen LogP contribution in [0.4, 0.5) is 0 Å². The maximum absolute atomic E-state index is 6.41. The van der Waals surface area contributed by atoms with Crippen LogP contribution < -0.4 is 0 Å². The van der Waals surface area contributed by atoms with E-state index >= 15 is 0 Å². The van der Waals surface area contributed by atoms with E-state index in [2.05, 4.69) is 182 Å². The van der Waals surface area contributed by atoms with Gasteiger partial charge in [0.1, 0.15) is 22.3 Å². The van der Waals surface area contributed by atoms with Crippen molar-refractivity contribution < 1.29 is 8.83 Å². The number of hydrogen-bond acceptors (Lipinski definition) is 14. The first kappa shape index (κ1) is 69.6. The summed E-state index contributed by atoms with van der Waals surface area (Å²) in [5, 5.41) is 8.12. The molecule has 0 aliphatic heterocycles. The third-order valence-electron chi connectivity index (χ3n) is 21.2. The molecule has 0 spiro atoms. The van der Waals surface area contributed by atoms with E-state index in [9.17, 15) is 0 Å². The van der Waals surface area contributed by atoms with Gasteiger partial charge in [0, 0.05) is 77.2 Å². The minimum atomic E-state index is 0.539. The zero-order valence-electron chi connectivity index (χ0n) is 63.1. The minimum absolute atomic E-state index is 0.539. The predicted octanol–water partition coefficient (Wildman–Crippen LogP) is 25.6. The SMILES string of the molecule is c1ccc(-c2ccc(-c3nc(-c4ccccc4)nc(-c4cccc5c(-c6nc(-c7ccccc7)nc(-c7ccc(-c8ccccc8)cc7)n6)cccc45)n3)cc2)cc1.c1ccc(-c2nc(-c3ccc4cc(-c5nc(-c6ccccc6)nc(-c6cccc7c6oc6ccccc67)n5)ccc4c3)nc(-c3cccc4c3oc3ccccc34)n2)cc1. The van der Waals surface area contributed by atoms with E-state index in [1.807, 2.05) is 206 Å². The van der Waals surface area contributed by atoms with Crippen LogP contribution in [0.1, 0.15) is 0 Å². The van der Waals surface area contributed by atoms with Crippen LogP contribution in [0.3, 0.4) is 0 Å². The van der Waals surface area contributed by atoms with Crippen LogP contribution >= 0.6 is 0 Å². The summed E-state index contributed by atoms with van der Waals surface area (Å²) in [6.07, 6.45) is 0. The lowest BCUT2D eigenvalue weighted by atomic mass is 9.98. The second kappa shape index (κ2) is 30.3. The number of hydrogen-bond donors (Lipinski definition) is 0. The van der Waals surface area contributed by atoms with Crippen LogP contribution in [0.25, 0.3) is 224 Å². The van der Waals surface area contributed by atoms with Crippen molar-refractivity contribution >= 4 is 65.4 Å². The summed E-state index contributed by atoms with van der Waals surface area (Å²) in [6.45, 7) is 0. The smallest absolute Gasteiger partial charge is 0.167 e. The number of benzene rings is 16. The van der Waals surface area contributed by atoms with E-state index in [0.717, 1.165) is 154 Å². The summed E-state index contributed by atoms with van der Waals surface area (Å²) in [6, 6.07) is 131. The van der Waals surface area contributed by atoms with Gasteiger partial charge in [-0.15, -0.1) is 0 Å². The van der Waals surface area contributed by atoms with Crippen molar-refractivity contribution in [2.24, 2.45) is 0 Å². The molecule has 0 bridgehead atoms. The Kier molecular flexibility index (Phi) is 17.9. The molecule has 552 valence electrons. The van der Waals surface area contributed by atoms with Gasteiger partial charge in [-0.25, -0.2) is 59.8 Å². The van der Waals surface area contributed by atoms with Gasteiger partial charge in [0.2, 0.25) is 0 Å². The van der Waals surface area contributed by atoms with E-state index in [4.69, 9.17) is 68.6 Å². The molecule has 0 N–H and O–H groups in total. The first-order valence-electron chi connectivity index (χ1n) is 38.9. The van der Waals surface area contributed by atoms with E-state index in [0.29, 0.717) is 69.9 Å². The Morgan fingerprint density at radius 2 is 0.347 bits per heavy atom. The topological polar surface area (TPSA) is 181 Å². The van der Waals surface area contributed by atoms with Gasteiger partial charge in [-0.05, 0) is 80.2 Å². The van der Waals surface area contributed by atoms with Crippen LogP contribution in [-0.4, -0.2) is 59.8 Å². The molecule has 0 radical (unpaired) electrons. The fourth-order valence-corrected chi connectivity index (χ4v) is 15.3. The van der Waals surface area contributed by atoms with Gasteiger partial charge in [0.05, 0.1) is 11.1 Å². The normalized spacial score (nSPS) is 11.4. The maximum atomic E-state index is 6.41. The summed E-state index contributed by atoms with van der Waals surface area (Å²) in [5.74, 6) is 6.94. The van der Waals surface area contributed by atoms with Gasteiger partial charge in [-0.3, -0.25) is 0 Å². The summed E-state index contributed by atoms with van der Waals surface area (Å²) in [4.78, 5) is 60.7. The molecule has 14 nitrogen and oxygen atoms in total. The molecular formula is C104H64N12O2. The lowest BCUT2D eigenvalue weighted by Gasteiger charge is -2.13. The molecule has 0 saturated heterocycles. The maximum Gasteiger partial charge on any atom is 0.167 e. The Morgan fingerprint density at radius 1 is 0.136 bits per heavy atom.